The zero-order valence-corrected chi connectivity index (χ0v) is 14.7. The first-order chi connectivity index (χ1) is 12.0. The number of hydrogen-bond acceptors (Lipinski definition) is 2. The number of amides is 1. The molecule has 0 radical (unpaired) electrons. The van der Waals surface area contributed by atoms with Crippen LogP contribution in [0.5, 0.6) is 0 Å². The van der Waals surface area contributed by atoms with Gasteiger partial charge in [0, 0.05) is 0 Å². The van der Waals surface area contributed by atoms with Crippen LogP contribution in [0, 0.1) is 5.82 Å². The van der Waals surface area contributed by atoms with E-state index < -0.39 is 0 Å². The second-order valence-corrected chi connectivity index (χ2v) is 6.59. The molecule has 0 saturated heterocycles. The lowest BCUT2D eigenvalue weighted by molar-refractivity contribution is -0.122. The highest BCUT2D eigenvalue weighted by Crippen LogP contribution is 2.19. The maximum Gasteiger partial charge on any atom is 0.240 e. The molecule has 0 aliphatic heterocycles. The van der Waals surface area contributed by atoms with Crippen molar-refractivity contribution >= 4 is 16.9 Å². The molecule has 1 heterocycles. The average molecular weight is 339 g/mol. The predicted octanol–water partition coefficient (Wildman–Crippen LogP) is 4.18. The quantitative estimate of drug-likeness (QED) is 0.758. The first-order valence-electron chi connectivity index (χ1n) is 8.44. The van der Waals surface area contributed by atoms with Crippen LogP contribution in [0.3, 0.4) is 0 Å². The molecular formula is C20H22FN3O. The zero-order valence-electron chi connectivity index (χ0n) is 14.7. The second kappa shape index (κ2) is 7.05. The van der Waals surface area contributed by atoms with Gasteiger partial charge in [0.05, 0.1) is 17.9 Å². The third-order valence-electron chi connectivity index (χ3n) is 4.38. The number of aromatic nitrogens is 2. The zero-order chi connectivity index (χ0) is 18.0. The minimum atomic E-state index is -0.375. The maximum absolute atomic E-state index is 14.0. The number of hydrogen-bond donors (Lipinski definition) is 1. The molecule has 2 aromatic carbocycles. The highest BCUT2D eigenvalue weighted by molar-refractivity contribution is 5.81. The summed E-state index contributed by atoms with van der Waals surface area (Å²) in [5.41, 5.74) is 3.21. The molecule has 4 nitrogen and oxygen atoms in total. The van der Waals surface area contributed by atoms with Crippen molar-refractivity contribution in [3.05, 3.63) is 65.7 Å². The molecule has 1 amide bonds. The Morgan fingerprint density at radius 2 is 1.80 bits per heavy atom. The largest absolute Gasteiger partial charge is 0.348 e. The van der Waals surface area contributed by atoms with Crippen LogP contribution in [0.1, 0.15) is 43.9 Å². The Morgan fingerprint density at radius 3 is 2.48 bits per heavy atom. The fraction of sp³-hybridized carbons (Fsp3) is 0.300. The SMILES string of the molecule is CC(C)c1ccc(C(C)NC(=O)Cn2cnc3cccc(F)c32)cc1. The van der Waals surface area contributed by atoms with Gasteiger partial charge in [0.2, 0.25) is 5.91 Å². The van der Waals surface area contributed by atoms with E-state index in [9.17, 15) is 9.18 Å². The van der Waals surface area contributed by atoms with Crippen molar-refractivity contribution in [2.45, 2.75) is 39.3 Å². The monoisotopic (exact) mass is 339 g/mol. The Labute approximate surface area is 146 Å². The molecule has 1 aromatic heterocycles. The van der Waals surface area contributed by atoms with Crippen molar-refractivity contribution in [1.82, 2.24) is 14.9 Å². The van der Waals surface area contributed by atoms with Crippen molar-refractivity contribution in [3.8, 4) is 0 Å². The van der Waals surface area contributed by atoms with E-state index in [-0.39, 0.29) is 24.3 Å². The Balaban J connectivity index is 1.69. The molecule has 5 heteroatoms. The van der Waals surface area contributed by atoms with E-state index in [0.717, 1.165) is 5.56 Å². The van der Waals surface area contributed by atoms with E-state index in [0.29, 0.717) is 17.0 Å². The molecule has 0 bridgehead atoms. The van der Waals surface area contributed by atoms with E-state index in [1.54, 1.807) is 12.1 Å². The summed E-state index contributed by atoms with van der Waals surface area (Å²) in [6.07, 6.45) is 1.50. The Morgan fingerprint density at radius 1 is 1.12 bits per heavy atom. The molecule has 1 N–H and O–H groups in total. The molecular weight excluding hydrogens is 317 g/mol. The van der Waals surface area contributed by atoms with E-state index in [1.807, 2.05) is 19.1 Å². The molecule has 0 fully saturated rings. The van der Waals surface area contributed by atoms with Gasteiger partial charge in [0.1, 0.15) is 17.9 Å². The summed E-state index contributed by atoms with van der Waals surface area (Å²) in [6, 6.07) is 12.8. The van der Waals surface area contributed by atoms with Gasteiger partial charge in [-0.15, -0.1) is 0 Å². The van der Waals surface area contributed by atoms with E-state index in [1.165, 1.54) is 22.5 Å². The van der Waals surface area contributed by atoms with Gasteiger partial charge in [-0.25, -0.2) is 9.37 Å². The first-order valence-corrected chi connectivity index (χ1v) is 8.44. The summed E-state index contributed by atoms with van der Waals surface area (Å²) in [5, 5.41) is 2.96. The molecule has 3 aromatic rings. The predicted molar refractivity (Wildman–Crippen MR) is 96.8 cm³/mol. The van der Waals surface area contributed by atoms with Crippen molar-refractivity contribution in [3.63, 3.8) is 0 Å². The van der Waals surface area contributed by atoms with Gasteiger partial charge in [-0.1, -0.05) is 44.2 Å². The highest BCUT2D eigenvalue weighted by atomic mass is 19.1. The van der Waals surface area contributed by atoms with Crippen molar-refractivity contribution < 1.29 is 9.18 Å². The van der Waals surface area contributed by atoms with Gasteiger partial charge < -0.3 is 9.88 Å². The molecule has 0 aliphatic carbocycles. The van der Waals surface area contributed by atoms with Crippen LogP contribution in [0.25, 0.3) is 11.0 Å². The van der Waals surface area contributed by atoms with Crippen LogP contribution in [0.4, 0.5) is 4.39 Å². The van der Waals surface area contributed by atoms with Crippen LogP contribution in [-0.4, -0.2) is 15.5 Å². The number of imidazole rings is 1. The topological polar surface area (TPSA) is 46.9 Å². The third-order valence-corrected chi connectivity index (χ3v) is 4.38. The second-order valence-electron chi connectivity index (χ2n) is 6.59. The number of fused-ring (bicyclic) bond motifs is 1. The fourth-order valence-corrected chi connectivity index (χ4v) is 2.90. The van der Waals surface area contributed by atoms with Gasteiger partial charge in [0.25, 0.3) is 0 Å². The van der Waals surface area contributed by atoms with Crippen LogP contribution in [0.15, 0.2) is 48.8 Å². The third kappa shape index (κ3) is 3.71. The summed E-state index contributed by atoms with van der Waals surface area (Å²) in [5.74, 6) is -0.0773. The summed E-state index contributed by atoms with van der Waals surface area (Å²) >= 11 is 0. The van der Waals surface area contributed by atoms with Crippen LogP contribution in [0.2, 0.25) is 0 Å². The lowest BCUT2D eigenvalue weighted by atomic mass is 9.99. The smallest absolute Gasteiger partial charge is 0.240 e. The van der Waals surface area contributed by atoms with E-state index in [4.69, 9.17) is 0 Å². The summed E-state index contributed by atoms with van der Waals surface area (Å²) in [6.45, 7) is 6.27. The number of benzene rings is 2. The molecule has 25 heavy (non-hydrogen) atoms. The number of carbonyl (C=O) groups excluding carboxylic acids is 1. The van der Waals surface area contributed by atoms with Crippen LogP contribution < -0.4 is 5.32 Å². The Hall–Kier alpha value is -2.69. The number of para-hydroxylation sites is 1. The molecule has 1 unspecified atom stereocenters. The van der Waals surface area contributed by atoms with Gasteiger partial charge >= 0.3 is 0 Å². The molecule has 0 spiro atoms. The molecule has 3 rings (SSSR count). The number of carbonyl (C=O) groups is 1. The molecule has 130 valence electrons. The van der Waals surface area contributed by atoms with Gasteiger partial charge in [0.15, 0.2) is 0 Å². The maximum atomic E-state index is 14.0. The van der Waals surface area contributed by atoms with Crippen molar-refractivity contribution in [2.24, 2.45) is 0 Å². The van der Waals surface area contributed by atoms with Crippen molar-refractivity contribution in [1.29, 1.82) is 0 Å². The van der Waals surface area contributed by atoms with Gasteiger partial charge in [-0.2, -0.15) is 0 Å². The molecule has 1 atom stereocenters. The average Bonchev–Trinajstić information content (AvgIpc) is 2.99. The fourth-order valence-electron chi connectivity index (χ4n) is 2.90. The van der Waals surface area contributed by atoms with Crippen molar-refractivity contribution in [2.75, 3.05) is 0 Å². The van der Waals surface area contributed by atoms with E-state index >= 15 is 0 Å². The van der Waals surface area contributed by atoms with E-state index in [2.05, 4.69) is 36.3 Å². The summed E-state index contributed by atoms with van der Waals surface area (Å²) < 4.78 is 15.5. The number of halogens is 1. The number of nitrogens with zero attached hydrogens (tertiary/aromatic N) is 2. The number of nitrogens with one attached hydrogen (secondary N) is 1. The van der Waals surface area contributed by atoms with Crippen LogP contribution in [-0.2, 0) is 11.3 Å². The minimum absolute atomic E-state index is 0.0336. The van der Waals surface area contributed by atoms with Gasteiger partial charge in [-0.05, 0) is 36.1 Å². The molecule has 0 aliphatic rings. The highest BCUT2D eigenvalue weighted by Gasteiger charge is 2.13. The molecule has 0 saturated carbocycles. The minimum Gasteiger partial charge on any atom is -0.348 e. The lowest BCUT2D eigenvalue weighted by Gasteiger charge is -2.16. The Bertz CT molecular complexity index is 884. The van der Waals surface area contributed by atoms with Gasteiger partial charge in [-0.3, -0.25) is 4.79 Å². The first kappa shape index (κ1) is 17.1. The summed E-state index contributed by atoms with van der Waals surface area (Å²) in [7, 11) is 0. The number of rotatable bonds is 5. The van der Waals surface area contributed by atoms with Crippen LogP contribution >= 0.6 is 0 Å². The normalized spacial score (nSPS) is 12.5. The standard InChI is InChI=1S/C20H22FN3O/c1-13(2)15-7-9-16(10-8-15)14(3)23-19(25)11-24-12-22-18-6-4-5-17(21)20(18)24/h4-10,12-14H,11H2,1-3H3,(H,23,25). The Kier molecular flexibility index (Phi) is 4.83. The lowest BCUT2D eigenvalue weighted by Crippen LogP contribution is -2.30. The summed E-state index contributed by atoms with van der Waals surface area (Å²) in [4.78, 5) is 16.5.